The number of hydrogen-bond acceptors (Lipinski definition) is 6. The van der Waals surface area contributed by atoms with E-state index < -0.39 is 0 Å². The van der Waals surface area contributed by atoms with Crippen molar-refractivity contribution in [2.75, 3.05) is 16.8 Å². The summed E-state index contributed by atoms with van der Waals surface area (Å²) in [6, 6.07) is 7.90. The zero-order chi connectivity index (χ0) is 15.0. The van der Waals surface area contributed by atoms with E-state index >= 15 is 0 Å². The highest BCUT2D eigenvalue weighted by molar-refractivity contribution is 7.16. The fourth-order valence-corrected chi connectivity index (χ4v) is 3.21. The van der Waals surface area contributed by atoms with Gasteiger partial charge in [0, 0.05) is 11.4 Å². The smallest absolute Gasteiger partial charge is 0.222 e. The van der Waals surface area contributed by atoms with Crippen LogP contribution in [-0.4, -0.2) is 9.97 Å². The van der Waals surface area contributed by atoms with Crippen LogP contribution < -0.4 is 16.8 Å². The third-order valence-corrected chi connectivity index (χ3v) is 4.51. The van der Waals surface area contributed by atoms with Crippen molar-refractivity contribution in [2.45, 2.75) is 13.5 Å². The monoisotopic (exact) mass is 319 g/mol. The van der Waals surface area contributed by atoms with Crippen LogP contribution in [0.15, 0.2) is 24.3 Å². The highest BCUT2D eigenvalue weighted by Gasteiger charge is 2.11. The normalized spacial score (nSPS) is 11.0. The topological polar surface area (TPSA) is 89.8 Å². The van der Waals surface area contributed by atoms with Crippen molar-refractivity contribution in [3.8, 4) is 0 Å². The van der Waals surface area contributed by atoms with Gasteiger partial charge in [0.25, 0.3) is 0 Å². The van der Waals surface area contributed by atoms with Gasteiger partial charge in [-0.05, 0) is 30.7 Å². The predicted molar refractivity (Wildman–Crippen MR) is 89.8 cm³/mol. The summed E-state index contributed by atoms with van der Waals surface area (Å²) in [7, 11) is 0. The van der Waals surface area contributed by atoms with E-state index in [0.29, 0.717) is 28.3 Å². The Morgan fingerprint density at radius 1 is 1.19 bits per heavy atom. The first kappa shape index (κ1) is 13.9. The molecule has 0 spiro atoms. The van der Waals surface area contributed by atoms with Crippen molar-refractivity contribution in [3.63, 3.8) is 0 Å². The molecule has 5 nitrogen and oxygen atoms in total. The number of fused-ring (bicyclic) bond motifs is 1. The van der Waals surface area contributed by atoms with Crippen LogP contribution in [0.3, 0.4) is 0 Å². The highest BCUT2D eigenvalue weighted by Crippen LogP contribution is 2.31. The van der Waals surface area contributed by atoms with Gasteiger partial charge in [0.05, 0.1) is 20.9 Å². The predicted octanol–water partition coefficient (Wildman–Crippen LogP) is 3.43. The molecular formula is C14H14ClN5S. The number of nitrogens with one attached hydrogen (secondary N) is 1. The SMILES string of the molecule is Cc1ccc(NCc2ccc3nc(N)nc(N)c3c2Cl)s1. The Labute approximate surface area is 131 Å². The first-order valence-corrected chi connectivity index (χ1v) is 7.54. The number of nitrogens with zero attached hydrogens (tertiary/aromatic N) is 2. The molecule has 21 heavy (non-hydrogen) atoms. The van der Waals surface area contributed by atoms with Gasteiger partial charge in [-0.1, -0.05) is 17.7 Å². The number of nitrogens with two attached hydrogens (primary N) is 2. The van der Waals surface area contributed by atoms with E-state index in [1.54, 1.807) is 11.3 Å². The van der Waals surface area contributed by atoms with Gasteiger partial charge in [0.2, 0.25) is 5.95 Å². The largest absolute Gasteiger partial charge is 0.383 e. The fraction of sp³-hybridized carbons (Fsp3) is 0.143. The van der Waals surface area contributed by atoms with Crippen molar-refractivity contribution < 1.29 is 0 Å². The Bertz CT molecular complexity index is 814. The molecule has 0 amide bonds. The molecule has 0 saturated heterocycles. The second kappa shape index (κ2) is 5.38. The van der Waals surface area contributed by atoms with E-state index in [4.69, 9.17) is 23.1 Å². The molecule has 0 fully saturated rings. The lowest BCUT2D eigenvalue weighted by molar-refractivity contribution is 1.16. The van der Waals surface area contributed by atoms with Crippen molar-refractivity contribution in [3.05, 3.63) is 39.7 Å². The molecule has 0 saturated carbocycles. The van der Waals surface area contributed by atoms with E-state index in [2.05, 4.69) is 28.3 Å². The van der Waals surface area contributed by atoms with Crippen LogP contribution in [0.1, 0.15) is 10.4 Å². The van der Waals surface area contributed by atoms with Gasteiger partial charge in [-0.15, -0.1) is 11.3 Å². The lowest BCUT2D eigenvalue weighted by Crippen LogP contribution is -2.03. The summed E-state index contributed by atoms with van der Waals surface area (Å²) in [4.78, 5) is 9.37. The van der Waals surface area contributed by atoms with E-state index in [1.807, 2.05) is 18.2 Å². The molecule has 7 heteroatoms. The first-order chi connectivity index (χ1) is 10.0. The lowest BCUT2D eigenvalue weighted by atomic mass is 10.1. The quantitative estimate of drug-likeness (QED) is 0.688. The van der Waals surface area contributed by atoms with Gasteiger partial charge in [-0.25, -0.2) is 4.98 Å². The summed E-state index contributed by atoms with van der Waals surface area (Å²) in [5.74, 6) is 0.451. The maximum absolute atomic E-state index is 6.43. The number of anilines is 3. The second-order valence-corrected chi connectivity index (χ2v) is 6.33. The molecule has 2 aromatic heterocycles. The number of hydrogen-bond donors (Lipinski definition) is 3. The average molecular weight is 320 g/mol. The Morgan fingerprint density at radius 2 is 2.00 bits per heavy atom. The van der Waals surface area contributed by atoms with E-state index in [1.165, 1.54) is 4.88 Å². The summed E-state index contributed by atoms with van der Waals surface area (Å²) in [6.45, 7) is 2.68. The minimum atomic E-state index is 0.149. The lowest BCUT2D eigenvalue weighted by Gasteiger charge is -2.10. The van der Waals surface area contributed by atoms with Crippen LogP contribution in [0.25, 0.3) is 10.9 Å². The number of aryl methyl sites for hydroxylation is 1. The average Bonchev–Trinajstić information content (AvgIpc) is 2.83. The Kier molecular flexibility index (Phi) is 3.57. The number of benzene rings is 1. The molecule has 1 aromatic carbocycles. The van der Waals surface area contributed by atoms with Crippen molar-refractivity contribution >= 4 is 50.6 Å². The van der Waals surface area contributed by atoms with Crippen LogP contribution >= 0.6 is 22.9 Å². The van der Waals surface area contributed by atoms with E-state index in [-0.39, 0.29) is 5.95 Å². The second-order valence-electron chi connectivity index (χ2n) is 4.66. The summed E-state index contributed by atoms with van der Waals surface area (Å²) < 4.78 is 0. The number of nitrogen functional groups attached to an aromatic ring is 2. The van der Waals surface area contributed by atoms with Crippen LogP contribution in [0.5, 0.6) is 0 Å². The van der Waals surface area contributed by atoms with Crippen LogP contribution in [0.4, 0.5) is 16.8 Å². The zero-order valence-electron chi connectivity index (χ0n) is 11.4. The minimum Gasteiger partial charge on any atom is -0.383 e. The summed E-state index contributed by atoms with van der Waals surface area (Å²) >= 11 is 8.13. The maximum atomic E-state index is 6.43. The molecule has 0 unspecified atom stereocenters. The molecule has 3 rings (SSSR count). The zero-order valence-corrected chi connectivity index (χ0v) is 12.9. The van der Waals surface area contributed by atoms with Gasteiger partial charge in [-0.3, -0.25) is 0 Å². The Hall–Kier alpha value is -2.05. The fourth-order valence-electron chi connectivity index (χ4n) is 2.12. The third kappa shape index (κ3) is 2.72. The Morgan fingerprint density at radius 3 is 2.71 bits per heavy atom. The minimum absolute atomic E-state index is 0.149. The number of thiophene rings is 1. The number of halogens is 1. The van der Waals surface area contributed by atoms with Crippen molar-refractivity contribution in [1.29, 1.82) is 0 Å². The Balaban J connectivity index is 1.94. The van der Waals surface area contributed by atoms with Crippen molar-refractivity contribution in [1.82, 2.24) is 9.97 Å². The van der Waals surface area contributed by atoms with Crippen LogP contribution in [0, 0.1) is 6.92 Å². The summed E-state index contributed by atoms with van der Waals surface area (Å²) in [6.07, 6.45) is 0. The molecule has 0 aliphatic heterocycles. The van der Waals surface area contributed by atoms with Crippen LogP contribution in [0.2, 0.25) is 5.02 Å². The molecular weight excluding hydrogens is 306 g/mol. The number of aromatic nitrogens is 2. The van der Waals surface area contributed by atoms with Gasteiger partial charge in [0.1, 0.15) is 5.82 Å². The summed E-state index contributed by atoms with van der Waals surface area (Å²) in [5, 5.41) is 5.65. The first-order valence-electron chi connectivity index (χ1n) is 6.35. The summed E-state index contributed by atoms with van der Waals surface area (Å²) in [5.41, 5.74) is 13.1. The van der Waals surface area contributed by atoms with Crippen LogP contribution in [-0.2, 0) is 6.54 Å². The van der Waals surface area contributed by atoms with Gasteiger partial charge in [0.15, 0.2) is 0 Å². The van der Waals surface area contributed by atoms with Gasteiger partial charge < -0.3 is 16.8 Å². The molecule has 0 radical (unpaired) electrons. The molecule has 2 heterocycles. The molecule has 108 valence electrons. The molecule has 0 aliphatic carbocycles. The van der Waals surface area contributed by atoms with Gasteiger partial charge >= 0.3 is 0 Å². The number of rotatable bonds is 3. The van der Waals surface area contributed by atoms with E-state index in [9.17, 15) is 0 Å². The molecule has 0 bridgehead atoms. The van der Waals surface area contributed by atoms with Crippen molar-refractivity contribution in [2.24, 2.45) is 0 Å². The van der Waals surface area contributed by atoms with E-state index in [0.717, 1.165) is 10.6 Å². The molecule has 5 N–H and O–H groups in total. The third-order valence-electron chi connectivity index (χ3n) is 3.12. The molecule has 0 atom stereocenters. The maximum Gasteiger partial charge on any atom is 0.222 e. The standard InChI is InChI=1S/C14H14ClN5S/c1-7-2-5-10(21-7)18-6-8-3-4-9-11(12(8)15)13(16)20-14(17)19-9/h2-5,18H,6H2,1H3,(H4,16,17,19,20). The highest BCUT2D eigenvalue weighted by atomic mass is 35.5. The van der Waals surface area contributed by atoms with Gasteiger partial charge in [-0.2, -0.15) is 4.98 Å². The molecule has 3 aromatic rings. The molecule has 0 aliphatic rings.